The minimum atomic E-state index is -4.09. The van der Waals surface area contributed by atoms with Crippen LogP contribution in [0.15, 0.2) is 4.99 Å². The number of aliphatic imine (C=N–C) groups is 1. The van der Waals surface area contributed by atoms with Gasteiger partial charge in [-0.05, 0) is 52.1 Å². The summed E-state index contributed by atoms with van der Waals surface area (Å²) in [6.45, 7) is 5.93. The van der Waals surface area contributed by atoms with Crippen LogP contribution in [0.3, 0.4) is 0 Å². The molecule has 0 radical (unpaired) electrons. The molecule has 5 nitrogen and oxygen atoms in total. The van der Waals surface area contributed by atoms with Crippen molar-refractivity contribution in [1.29, 1.82) is 0 Å². The summed E-state index contributed by atoms with van der Waals surface area (Å²) in [4.78, 5) is 11.5. The average molecular weight is 406 g/mol. The average Bonchev–Trinajstić information content (AvgIpc) is 2.91. The zero-order chi connectivity index (χ0) is 19.9. The topological polar surface area (TPSA) is 52.6 Å². The van der Waals surface area contributed by atoms with E-state index in [2.05, 4.69) is 27.5 Å². The first-order valence-corrected chi connectivity index (χ1v) is 10.2. The van der Waals surface area contributed by atoms with Gasteiger partial charge in [-0.2, -0.15) is 13.2 Å². The number of rotatable bonds is 7. The molecule has 0 aliphatic carbocycles. The molecule has 0 atom stereocenters. The van der Waals surface area contributed by atoms with E-state index >= 15 is 0 Å². The summed E-state index contributed by atoms with van der Waals surface area (Å²) in [5.41, 5.74) is 1.10. The van der Waals surface area contributed by atoms with Crippen LogP contribution in [0.1, 0.15) is 34.8 Å². The molecule has 1 saturated heterocycles. The van der Waals surface area contributed by atoms with Gasteiger partial charge < -0.3 is 10.6 Å². The number of hydrogen-bond acceptors (Lipinski definition) is 4. The van der Waals surface area contributed by atoms with Gasteiger partial charge in [0, 0.05) is 31.4 Å². The molecule has 0 spiro atoms. The Labute approximate surface area is 163 Å². The van der Waals surface area contributed by atoms with Crippen molar-refractivity contribution in [3.05, 3.63) is 15.6 Å². The molecule has 2 heterocycles. The molecule has 0 amide bonds. The molecule has 0 unspecified atom stereocenters. The number of hydrogen-bond donors (Lipinski definition) is 2. The lowest BCUT2D eigenvalue weighted by Crippen LogP contribution is -2.42. The summed E-state index contributed by atoms with van der Waals surface area (Å²) in [6.07, 6.45) is -0.634. The van der Waals surface area contributed by atoms with E-state index in [0.29, 0.717) is 19.0 Å². The Morgan fingerprint density at radius 2 is 1.89 bits per heavy atom. The highest BCUT2D eigenvalue weighted by Crippen LogP contribution is 2.24. The molecule has 0 aromatic carbocycles. The van der Waals surface area contributed by atoms with Gasteiger partial charge in [-0.25, -0.2) is 4.98 Å². The molecule has 1 aliphatic heterocycles. The maximum absolute atomic E-state index is 12.4. The van der Waals surface area contributed by atoms with E-state index in [1.54, 1.807) is 18.4 Å². The molecule has 27 heavy (non-hydrogen) atoms. The standard InChI is InChI=1S/C18H30F3N5S/c1-13-14(2)27-16(25-13)5-9-24-17(22-3)23-8-4-15-6-10-26(11-7-15)12-18(19,20)21/h15H,4-12H2,1-3H3,(H2,22,23,24). The SMILES string of the molecule is CN=C(NCCc1nc(C)c(C)s1)NCCC1CCN(CC(F)(F)F)CC1. The number of halogens is 3. The highest BCUT2D eigenvalue weighted by Gasteiger charge is 2.32. The molecule has 1 aromatic heterocycles. The van der Waals surface area contributed by atoms with Crippen LogP contribution < -0.4 is 10.6 Å². The number of piperidine rings is 1. The van der Waals surface area contributed by atoms with Gasteiger partial charge in [-0.1, -0.05) is 0 Å². The van der Waals surface area contributed by atoms with Crippen LogP contribution in [0.4, 0.5) is 13.2 Å². The van der Waals surface area contributed by atoms with E-state index in [4.69, 9.17) is 0 Å². The van der Waals surface area contributed by atoms with E-state index in [9.17, 15) is 13.2 Å². The summed E-state index contributed by atoms with van der Waals surface area (Å²) in [5, 5.41) is 7.71. The first-order valence-electron chi connectivity index (χ1n) is 9.43. The van der Waals surface area contributed by atoms with Gasteiger partial charge in [0.05, 0.1) is 17.2 Å². The number of aryl methyl sites for hydroxylation is 2. The monoisotopic (exact) mass is 405 g/mol. The third kappa shape index (κ3) is 8.04. The predicted octanol–water partition coefficient (Wildman–Crippen LogP) is 3.13. The zero-order valence-corrected chi connectivity index (χ0v) is 17.1. The molecule has 0 bridgehead atoms. The fourth-order valence-corrected chi connectivity index (χ4v) is 4.17. The summed E-state index contributed by atoms with van der Waals surface area (Å²) in [5.74, 6) is 1.23. The van der Waals surface area contributed by atoms with E-state index in [-0.39, 0.29) is 0 Å². The van der Waals surface area contributed by atoms with Crippen LogP contribution in [-0.2, 0) is 6.42 Å². The van der Waals surface area contributed by atoms with Gasteiger partial charge in [0.15, 0.2) is 5.96 Å². The van der Waals surface area contributed by atoms with Crippen LogP contribution >= 0.6 is 11.3 Å². The highest BCUT2D eigenvalue weighted by atomic mass is 32.1. The molecule has 154 valence electrons. The summed E-state index contributed by atoms with van der Waals surface area (Å²) >= 11 is 1.73. The van der Waals surface area contributed by atoms with Crippen LogP contribution in [0, 0.1) is 19.8 Å². The quantitative estimate of drug-likeness (QED) is 0.541. The van der Waals surface area contributed by atoms with Gasteiger partial charge in [-0.3, -0.25) is 9.89 Å². The van der Waals surface area contributed by atoms with Crippen molar-refractivity contribution in [3.8, 4) is 0 Å². The van der Waals surface area contributed by atoms with E-state index in [0.717, 1.165) is 55.4 Å². The first kappa shape index (κ1) is 21.9. The van der Waals surface area contributed by atoms with Crippen molar-refractivity contribution in [1.82, 2.24) is 20.5 Å². The first-order chi connectivity index (χ1) is 12.8. The van der Waals surface area contributed by atoms with Gasteiger partial charge in [0.25, 0.3) is 0 Å². The minimum absolute atomic E-state index is 0.473. The second-order valence-corrected chi connectivity index (χ2v) is 8.34. The van der Waals surface area contributed by atoms with Crippen LogP contribution in [0.2, 0.25) is 0 Å². The summed E-state index contributed by atoms with van der Waals surface area (Å²) in [7, 11) is 1.74. The smallest absolute Gasteiger partial charge is 0.356 e. The van der Waals surface area contributed by atoms with Crippen molar-refractivity contribution >= 4 is 17.3 Å². The third-order valence-electron chi connectivity index (χ3n) is 4.88. The summed E-state index contributed by atoms with van der Waals surface area (Å²) < 4.78 is 37.3. The molecule has 1 fully saturated rings. The molecular weight excluding hydrogens is 375 g/mol. The third-order valence-corrected chi connectivity index (χ3v) is 6.02. The number of aromatic nitrogens is 1. The normalized spacial score (nSPS) is 17.3. The second kappa shape index (κ2) is 10.3. The van der Waals surface area contributed by atoms with Gasteiger partial charge in [0.1, 0.15) is 0 Å². The van der Waals surface area contributed by atoms with Crippen molar-refractivity contribution < 1.29 is 13.2 Å². The fraction of sp³-hybridized carbons (Fsp3) is 0.778. The lowest BCUT2D eigenvalue weighted by molar-refractivity contribution is -0.148. The number of nitrogens with zero attached hydrogens (tertiary/aromatic N) is 3. The lowest BCUT2D eigenvalue weighted by Gasteiger charge is -2.32. The molecule has 2 N–H and O–H groups in total. The Bertz CT molecular complexity index is 587. The maximum Gasteiger partial charge on any atom is 0.401 e. The highest BCUT2D eigenvalue weighted by molar-refractivity contribution is 7.11. The molecule has 2 rings (SSSR count). The number of nitrogens with one attached hydrogen (secondary N) is 2. The Balaban J connectivity index is 1.60. The molecule has 9 heteroatoms. The number of likely N-dealkylation sites (tertiary alicyclic amines) is 1. The molecule has 1 aliphatic rings. The molecule has 1 aromatic rings. The van der Waals surface area contributed by atoms with Gasteiger partial charge in [-0.15, -0.1) is 11.3 Å². The van der Waals surface area contributed by atoms with Crippen molar-refractivity contribution in [2.24, 2.45) is 10.9 Å². The Morgan fingerprint density at radius 3 is 2.44 bits per heavy atom. The summed E-state index contributed by atoms with van der Waals surface area (Å²) in [6, 6.07) is 0. The van der Waals surface area contributed by atoms with E-state index in [1.165, 1.54) is 9.78 Å². The fourth-order valence-electron chi connectivity index (χ4n) is 3.24. The van der Waals surface area contributed by atoms with Gasteiger partial charge >= 0.3 is 6.18 Å². The van der Waals surface area contributed by atoms with Crippen molar-refractivity contribution in [3.63, 3.8) is 0 Å². The number of guanidine groups is 1. The minimum Gasteiger partial charge on any atom is -0.356 e. The van der Waals surface area contributed by atoms with E-state index in [1.807, 2.05) is 6.92 Å². The van der Waals surface area contributed by atoms with Gasteiger partial charge in [0.2, 0.25) is 0 Å². The second-order valence-electron chi connectivity index (χ2n) is 7.05. The van der Waals surface area contributed by atoms with Crippen molar-refractivity contribution in [2.75, 3.05) is 39.8 Å². The number of thiazole rings is 1. The lowest BCUT2D eigenvalue weighted by atomic mass is 9.93. The zero-order valence-electron chi connectivity index (χ0n) is 16.3. The van der Waals surface area contributed by atoms with Crippen LogP contribution in [0.5, 0.6) is 0 Å². The van der Waals surface area contributed by atoms with Crippen LogP contribution in [-0.4, -0.2) is 61.8 Å². The Morgan fingerprint density at radius 1 is 1.22 bits per heavy atom. The maximum atomic E-state index is 12.4. The van der Waals surface area contributed by atoms with E-state index < -0.39 is 12.7 Å². The largest absolute Gasteiger partial charge is 0.401 e. The predicted molar refractivity (Wildman–Crippen MR) is 104 cm³/mol. The Kier molecular flexibility index (Phi) is 8.34. The van der Waals surface area contributed by atoms with Crippen molar-refractivity contribution in [2.45, 2.75) is 45.7 Å². The number of alkyl halides is 3. The molecule has 0 saturated carbocycles. The molecular formula is C18H30F3N5S. The van der Waals surface area contributed by atoms with Crippen LogP contribution in [0.25, 0.3) is 0 Å². The Hall–Kier alpha value is -1.35.